The third-order valence-corrected chi connectivity index (χ3v) is 4.07. The molecule has 2 nitrogen and oxygen atoms in total. The van der Waals surface area contributed by atoms with E-state index in [0.29, 0.717) is 0 Å². The molecule has 0 saturated heterocycles. The lowest BCUT2D eigenvalue weighted by Crippen LogP contribution is -2.26. The molecule has 0 spiro atoms. The minimum Gasteiger partial charge on any atom is -0.342 e. The van der Waals surface area contributed by atoms with Crippen LogP contribution in [0.3, 0.4) is 0 Å². The maximum atomic E-state index is 3.45. The zero-order chi connectivity index (χ0) is 13.9. The smallest absolute Gasteiger partial charge is 0.0446 e. The summed E-state index contributed by atoms with van der Waals surface area (Å²) in [7, 11) is 0. The molecule has 0 saturated carbocycles. The van der Waals surface area contributed by atoms with E-state index in [4.69, 9.17) is 0 Å². The Bertz CT molecular complexity index is 587. The van der Waals surface area contributed by atoms with E-state index in [1.54, 1.807) is 0 Å². The Labute approximate surface area is 121 Å². The third kappa shape index (κ3) is 2.44. The normalized spacial score (nSPS) is 13.9. The van der Waals surface area contributed by atoms with Crippen LogP contribution in [-0.2, 0) is 13.0 Å². The highest BCUT2D eigenvalue weighted by atomic mass is 15.1. The molecule has 1 N–H and O–H groups in total. The molecule has 0 fully saturated rings. The molecule has 0 atom stereocenters. The van der Waals surface area contributed by atoms with Gasteiger partial charge in [0.1, 0.15) is 0 Å². The van der Waals surface area contributed by atoms with Crippen molar-refractivity contribution in [1.29, 1.82) is 0 Å². The van der Waals surface area contributed by atoms with Crippen molar-refractivity contribution in [2.24, 2.45) is 0 Å². The van der Waals surface area contributed by atoms with Gasteiger partial charge in [-0.25, -0.2) is 0 Å². The van der Waals surface area contributed by atoms with E-state index in [9.17, 15) is 0 Å². The molecule has 0 radical (unpaired) electrons. The first-order chi connectivity index (χ1) is 9.79. The number of benzene rings is 2. The summed E-state index contributed by atoms with van der Waals surface area (Å²) in [4.78, 5) is 2.42. The summed E-state index contributed by atoms with van der Waals surface area (Å²) in [5, 5.41) is 3.45. The highest BCUT2D eigenvalue weighted by Crippen LogP contribution is 2.32. The predicted octanol–water partition coefficient (Wildman–Crippen LogP) is 3.80. The van der Waals surface area contributed by atoms with Gasteiger partial charge in [0.25, 0.3) is 0 Å². The van der Waals surface area contributed by atoms with Crippen LogP contribution in [0.4, 0.5) is 11.4 Å². The Morgan fingerprint density at radius 2 is 1.90 bits per heavy atom. The second-order valence-corrected chi connectivity index (χ2v) is 5.42. The maximum absolute atomic E-state index is 3.45. The van der Waals surface area contributed by atoms with Gasteiger partial charge in [-0.2, -0.15) is 0 Å². The topological polar surface area (TPSA) is 15.3 Å². The molecule has 20 heavy (non-hydrogen) atoms. The number of nitrogens with zero attached hydrogens (tertiary/aromatic N) is 1. The highest BCUT2D eigenvalue weighted by Gasteiger charge is 2.16. The SMILES string of the molecule is CCN(c1ccc(C)cc1)c1cccc2c1CCNC2. The lowest BCUT2D eigenvalue weighted by atomic mass is 9.98. The second-order valence-electron chi connectivity index (χ2n) is 5.42. The van der Waals surface area contributed by atoms with E-state index in [0.717, 1.165) is 26.1 Å². The summed E-state index contributed by atoms with van der Waals surface area (Å²) >= 11 is 0. The fourth-order valence-electron chi connectivity index (χ4n) is 2.98. The Kier molecular flexibility index (Phi) is 3.75. The van der Waals surface area contributed by atoms with Crippen LogP contribution in [-0.4, -0.2) is 13.1 Å². The molecule has 104 valence electrons. The van der Waals surface area contributed by atoms with Crippen molar-refractivity contribution in [2.45, 2.75) is 26.8 Å². The quantitative estimate of drug-likeness (QED) is 0.909. The molecule has 2 aromatic rings. The molecular formula is C18H22N2. The van der Waals surface area contributed by atoms with Crippen molar-refractivity contribution < 1.29 is 0 Å². The molecule has 2 aromatic carbocycles. The number of hydrogen-bond acceptors (Lipinski definition) is 2. The van der Waals surface area contributed by atoms with Gasteiger partial charge in [0, 0.05) is 24.5 Å². The molecule has 1 aliphatic rings. The van der Waals surface area contributed by atoms with E-state index in [-0.39, 0.29) is 0 Å². The van der Waals surface area contributed by atoms with Gasteiger partial charge in [-0.1, -0.05) is 29.8 Å². The second kappa shape index (κ2) is 5.68. The van der Waals surface area contributed by atoms with Crippen molar-refractivity contribution in [3.05, 3.63) is 59.2 Å². The fraction of sp³-hybridized carbons (Fsp3) is 0.333. The summed E-state index contributed by atoms with van der Waals surface area (Å²) < 4.78 is 0. The first-order valence-electron chi connectivity index (χ1n) is 7.45. The largest absolute Gasteiger partial charge is 0.342 e. The van der Waals surface area contributed by atoms with Crippen LogP contribution in [0.5, 0.6) is 0 Å². The van der Waals surface area contributed by atoms with Crippen LogP contribution in [0, 0.1) is 6.92 Å². The molecule has 1 aliphatic heterocycles. The monoisotopic (exact) mass is 266 g/mol. The van der Waals surface area contributed by atoms with Gasteiger partial charge in [-0.15, -0.1) is 0 Å². The molecule has 0 aliphatic carbocycles. The minimum absolute atomic E-state index is 0.993. The number of nitrogens with one attached hydrogen (secondary N) is 1. The average molecular weight is 266 g/mol. The molecule has 2 heteroatoms. The lowest BCUT2D eigenvalue weighted by molar-refractivity contribution is 0.643. The molecule has 0 aromatic heterocycles. The number of anilines is 2. The highest BCUT2D eigenvalue weighted by molar-refractivity contribution is 5.68. The van der Waals surface area contributed by atoms with Gasteiger partial charge in [-0.3, -0.25) is 0 Å². The summed E-state index contributed by atoms with van der Waals surface area (Å²) in [5.74, 6) is 0. The first kappa shape index (κ1) is 13.2. The molecule has 0 bridgehead atoms. The molecule has 0 amide bonds. The number of rotatable bonds is 3. The van der Waals surface area contributed by atoms with E-state index in [1.807, 2.05) is 0 Å². The Morgan fingerprint density at radius 3 is 2.65 bits per heavy atom. The van der Waals surface area contributed by atoms with Gasteiger partial charge in [-0.05, 0) is 56.1 Å². The Balaban J connectivity index is 2.03. The maximum Gasteiger partial charge on any atom is 0.0446 e. The van der Waals surface area contributed by atoms with E-state index in [1.165, 1.54) is 28.1 Å². The molecule has 3 rings (SSSR count). The van der Waals surface area contributed by atoms with E-state index >= 15 is 0 Å². The van der Waals surface area contributed by atoms with Crippen LogP contribution in [0.1, 0.15) is 23.6 Å². The van der Waals surface area contributed by atoms with Crippen LogP contribution in [0.2, 0.25) is 0 Å². The lowest BCUT2D eigenvalue weighted by Gasteiger charge is -2.29. The zero-order valence-electron chi connectivity index (χ0n) is 12.3. The van der Waals surface area contributed by atoms with Gasteiger partial charge < -0.3 is 10.2 Å². The zero-order valence-corrected chi connectivity index (χ0v) is 12.3. The molecule has 0 unspecified atom stereocenters. The van der Waals surface area contributed by atoms with Gasteiger partial charge in [0.15, 0.2) is 0 Å². The average Bonchev–Trinajstić information content (AvgIpc) is 2.50. The van der Waals surface area contributed by atoms with Crippen LogP contribution in [0.15, 0.2) is 42.5 Å². The number of hydrogen-bond donors (Lipinski definition) is 1. The fourth-order valence-corrected chi connectivity index (χ4v) is 2.98. The van der Waals surface area contributed by atoms with Crippen molar-refractivity contribution >= 4 is 11.4 Å². The van der Waals surface area contributed by atoms with Crippen LogP contribution < -0.4 is 10.2 Å². The van der Waals surface area contributed by atoms with Gasteiger partial charge >= 0.3 is 0 Å². The van der Waals surface area contributed by atoms with Gasteiger partial charge in [0.05, 0.1) is 0 Å². The summed E-state index contributed by atoms with van der Waals surface area (Å²) in [6.45, 7) is 7.42. The minimum atomic E-state index is 0.993. The Hall–Kier alpha value is -1.80. The van der Waals surface area contributed by atoms with Gasteiger partial charge in [0.2, 0.25) is 0 Å². The summed E-state index contributed by atoms with van der Waals surface area (Å²) in [6.07, 6.45) is 1.12. The predicted molar refractivity (Wildman–Crippen MR) is 85.7 cm³/mol. The van der Waals surface area contributed by atoms with Crippen molar-refractivity contribution in [3.63, 3.8) is 0 Å². The van der Waals surface area contributed by atoms with Crippen LogP contribution in [0.25, 0.3) is 0 Å². The first-order valence-corrected chi connectivity index (χ1v) is 7.45. The van der Waals surface area contributed by atoms with E-state index in [2.05, 4.69) is 66.5 Å². The number of aryl methyl sites for hydroxylation is 1. The van der Waals surface area contributed by atoms with Crippen molar-refractivity contribution in [2.75, 3.05) is 18.0 Å². The van der Waals surface area contributed by atoms with Crippen molar-refractivity contribution in [3.8, 4) is 0 Å². The summed E-state index contributed by atoms with van der Waals surface area (Å²) in [5.41, 5.74) is 6.91. The molecule has 1 heterocycles. The summed E-state index contributed by atoms with van der Waals surface area (Å²) in [6, 6.07) is 15.5. The molecular weight excluding hydrogens is 244 g/mol. The standard InChI is InChI=1S/C18H22N2/c1-3-20(16-9-7-14(2)8-10-16)18-6-4-5-15-13-19-12-11-17(15)18/h4-10,19H,3,11-13H2,1-2H3. The Morgan fingerprint density at radius 1 is 1.10 bits per heavy atom. The van der Waals surface area contributed by atoms with Crippen LogP contribution >= 0.6 is 0 Å². The third-order valence-electron chi connectivity index (χ3n) is 4.07. The van der Waals surface area contributed by atoms with E-state index < -0.39 is 0 Å². The number of fused-ring (bicyclic) bond motifs is 1. The van der Waals surface area contributed by atoms with Crippen molar-refractivity contribution in [1.82, 2.24) is 5.32 Å².